The molecule has 1 heterocycles. The molecule has 0 saturated carbocycles. The number of benzene rings is 2. The zero-order chi connectivity index (χ0) is 20.8. The van der Waals surface area contributed by atoms with Crippen molar-refractivity contribution in [3.05, 3.63) is 71.7 Å². The van der Waals surface area contributed by atoms with E-state index in [2.05, 4.69) is 25.9 Å². The number of carbonyl (C=O) groups excluding carboxylic acids is 2. The van der Waals surface area contributed by atoms with E-state index in [-0.39, 0.29) is 17.5 Å². The lowest BCUT2D eigenvalue weighted by atomic mass is 10.1. The molecule has 1 aromatic heterocycles. The molecule has 2 aromatic carbocycles. The van der Waals surface area contributed by atoms with Crippen molar-refractivity contribution in [3.8, 4) is 0 Å². The predicted molar refractivity (Wildman–Crippen MR) is 115 cm³/mol. The fourth-order valence-electron chi connectivity index (χ4n) is 2.92. The van der Waals surface area contributed by atoms with Crippen LogP contribution in [0.1, 0.15) is 35.5 Å². The van der Waals surface area contributed by atoms with E-state index in [9.17, 15) is 9.59 Å². The number of carbonyl (C=O) groups is 2. The molecular formula is C22H23N5O2. The van der Waals surface area contributed by atoms with E-state index in [1.807, 2.05) is 44.2 Å². The normalized spacial score (nSPS) is 10.3. The van der Waals surface area contributed by atoms with Gasteiger partial charge in [0.15, 0.2) is 0 Å². The van der Waals surface area contributed by atoms with Crippen molar-refractivity contribution >= 4 is 34.7 Å². The number of aryl methyl sites for hydroxylation is 2. The summed E-state index contributed by atoms with van der Waals surface area (Å²) in [5.74, 6) is 0.0459. The summed E-state index contributed by atoms with van der Waals surface area (Å²) in [5.41, 5.74) is 4.55. The monoisotopic (exact) mass is 389 g/mol. The average molecular weight is 389 g/mol. The molecule has 7 heteroatoms. The third-order valence-electron chi connectivity index (χ3n) is 4.32. The summed E-state index contributed by atoms with van der Waals surface area (Å²) in [5, 5.41) is 8.77. The predicted octanol–water partition coefficient (Wildman–Crippen LogP) is 4.30. The summed E-state index contributed by atoms with van der Waals surface area (Å²) in [6, 6.07) is 13.2. The molecule has 0 bridgehead atoms. The highest BCUT2D eigenvalue weighted by molar-refractivity contribution is 6.03. The van der Waals surface area contributed by atoms with Crippen LogP contribution >= 0.6 is 0 Å². The van der Waals surface area contributed by atoms with Crippen LogP contribution in [0.25, 0.3) is 0 Å². The van der Waals surface area contributed by atoms with E-state index in [1.165, 1.54) is 19.3 Å². The van der Waals surface area contributed by atoms with E-state index >= 15 is 0 Å². The molecule has 0 aliphatic rings. The van der Waals surface area contributed by atoms with Gasteiger partial charge in [0.2, 0.25) is 5.91 Å². The highest BCUT2D eigenvalue weighted by atomic mass is 16.2. The van der Waals surface area contributed by atoms with Crippen LogP contribution in [0.2, 0.25) is 0 Å². The quantitative estimate of drug-likeness (QED) is 0.584. The van der Waals surface area contributed by atoms with Crippen LogP contribution in [0.5, 0.6) is 0 Å². The highest BCUT2D eigenvalue weighted by Crippen LogP contribution is 2.22. The standard InChI is InChI=1S/C22H23N5O2/c1-4-16-8-5-7-14(2)21(16)27-22(29)19-12-24-20(13-23-19)26-18-10-6-9-17(11-18)25-15(3)28/h5-13H,4H2,1-3H3,(H,24,26)(H,25,28)(H,27,29). The molecule has 0 aliphatic heterocycles. The second-order valence-electron chi connectivity index (χ2n) is 6.59. The molecule has 0 fully saturated rings. The molecule has 0 aliphatic carbocycles. The minimum Gasteiger partial charge on any atom is -0.339 e. The Labute approximate surface area is 169 Å². The number of hydrogen-bond donors (Lipinski definition) is 3. The summed E-state index contributed by atoms with van der Waals surface area (Å²) in [4.78, 5) is 32.3. The second kappa shape index (κ2) is 8.97. The topological polar surface area (TPSA) is 96.0 Å². The molecule has 3 rings (SSSR count). The Morgan fingerprint density at radius 2 is 1.72 bits per heavy atom. The minimum absolute atomic E-state index is 0.141. The first-order valence-electron chi connectivity index (χ1n) is 9.33. The van der Waals surface area contributed by atoms with Gasteiger partial charge in [0.1, 0.15) is 11.5 Å². The Bertz CT molecular complexity index is 1030. The minimum atomic E-state index is -0.305. The first-order valence-corrected chi connectivity index (χ1v) is 9.33. The maximum atomic E-state index is 12.6. The van der Waals surface area contributed by atoms with Gasteiger partial charge in [-0.1, -0.05) is 31.2 Å². The van der Waals surface area contributed by atoms with E-state index in [1.54, 1.807) is 12.1 Å². The second-order valence-corrected chi connectivity index (χ2v) is 6.59. The lowest BCUT2D eigenvalue weighted by Crippen LogP contribution is -2.16. The number of nitrogens with one attached hydrogen (secondary N) is 3. The van der Waals surface area contributed by atoms with Crippen molar-refractivity contribution < 1.29 is 9.59 Å². The Morgan fingerprint density at radius 3 is 2.41 bits per heavy atom. The van der Waals surface area contributed by atoms with E-state index in [0.717, 1.165) is 28.9 Å². The van der Waals surface area contributed by atoms with E-state index in [0.29, 0.717) is 11.5 Å². The van der Waals surface area contributed by atoms with Crippen molar-refractivity contribution in [1.82, 2.24) is 9.97 Å². The van der Waals surface area contributed by atoms with Crippen molar-refractivity contribution in [2.45, 2.75) is 27.2 Å². The van der Waals surface area contributed by atoms with Gasteiger partial charge in [-0.25, -0.2) is 9.97 Å². The lowest BCUT2D eigenvalue weighted by molar-refractivity contribution is -0.114. The Hall–Kier alpha value is -3.74. The summed E-state index contributed by atoms with van der Waals surface area (Å²) in [6.07, 6.45) is 3.75. The molecule has 2 amide bonds. The Morgan fingerprint density at radius 1 is 0.966 bits per heavy atom. The maximum Gasteiger partial charge on any atom is 0.275 e. The molecule has 0 unspecified atom stereocenters. The van der Waals surface area contributed by atoms with Crippen LogP contribution in [-0.4, -0.2) is 21.8 Å². The van der Waals surface area contributed by atoms with Gasteiger partial charge in [-0.05, 0) is 42.7 Å². The van der Waals surface area contributed by atoms with Gasteiger partial charge < -0.3 is 16.0 Å². The Kier molecular flexibility index (Phi) is 6.19. The van der Waals surface area contributed by atoms with Crippen molar-refractivity contribution in [3.63, 3.8) is 0 Å². The van der Waals surface area contributed by atoms with Crippen molar-refractivity contribution in [1.29, 1.82) is 0 Å². The highest BCUT2D eigenvalue weighted by Gasteiger charge is 2.12. The molecule has 0 saturated heterocycles. The molecule has 3 N–H and O–H groups in total. The van der Waals surface area contributed by atoms with Gasteiger partial charge in [-0.2, -0.15) is 0 Å². The average Bonchev–Trinajstić information content (AvgIpc) is 2.69. The number of rotatable bonds is 6. The first-order chi connectivity index (χ1) is 14.0. The summed E-state index contributed by atoms with van der Waals surface area (Å²) >= 11 is 0. The molecule has 0 atom stereocenters. The van der Waals surface area contributed by atoms with Crippen LogP contribution < -0.4 is 16.0 Å². The summed E-state index contributed by atoms with van der Waals surface area (Å²) in [6.45, 7) is 5.46. The van der Waals surface area contributed by atoms with Crippen molar-refractivity contribution in [2.24, 2.45) is 0 Å². The third-order valence-corrected chi connectivity index (χ3v) is 4.32. The number of para-hydroxylation sites is 1. The largest absolute Gasteiger partial charge is 0.339 e. The van der Waals surface area contributed by atoms with Gasteiger partial charge in [0, 0.05) is 24.0 Å². The molecule has 29 heavy (non-hydrogen) atoms. The number of aromatic nitrogens is 2. The molecule has 3 aromatic rings. The van der Waals surface area contributed by atoms with Crippen molar-refractivity contribution in [2.75, 3.05) is 16.0 Å². The summed E-state index contributed by atoms with van der Waals surface area (Å²) < 4.78 is 0. The molecule has 7 nitrogen and oxygen atoms in total. The van der Waals surface area contributed by atoms with Gasteiger partial charge in [-0.15, -0.1) is 0 Å². The lowest BCUT2D eigenvalue weighted by Gasteiger charge is -2.13. The van der Waals surface area contributed by atoms with Crippen LogP contribution in [0, 0.1) is 6.92 Å². The third kappa shape index (κ3) is 5.16. The molecule has 0 spiro atoms. The van der Waals surface area contributed by atoms with Crippen LogP contribution in [0.3, 0.4) is 0 Å². The number of amides is 2. The van der Waals surface area contributed by atoms with E-state index < -0.39 is 0 Å². The fraction of sp³-hybridized carbons (Fsp3) is 0.182. The number of hydrogen-bond acceptors (Lipinski definition) is 5. The maximum absolute atomic E-state index is 12.6. The number of nitrogens with zero attached hydrogens (tertiary/aromatic N) is 2. The molecule has 0 radical (unpaired) electrons. The van der Waals surface area contributed by atoms with Crippen LogP contribution in [0.4, 0.5) is 22.9 Å². The number of anilines is 4. The SMILES string of the molecule is CCc1cccc(C)c1NC(=O)c1cnc(Nc2cccc(NC(C)=O)c2)cn1. The van der Waals surface area contributed by atoms with E-state index in [4.69, 9.17) is 0 Å². The molecular weight excluding hydrogens is 366 g/mol. The van der Waals surface area contributed by atoms with Gasteiger partial charge >= 0.3 is 0 Å². The van der Waals surface area contributed by atoms with Crippen LogP contribution in [-0.2, 0) is 11.2 Å². The molecule has 148 valence electrons. The summed E-state index contributed by atoms with van der Waals surface area (Å²) in [7, 11) is 0. The fourth-order valence-corrected chi connectivity index (χ4v) is 2.92. The van der Waals surface area contributed by atoms with Gasteiger partial charge in [0.25, 0.3) is 5.91 Å². The zero-order valence-corrected chi connectivity index (χ0v) is 16.6. The Balaban J connectivity index is 1.70. The van der Waals surface area contributed by atoms with Crippen LogP contribution in [0.15, 0.2) is 54.9 Å². The van der Waals surface area contributed by atoms with Gasteiger partial charge in [-0.3, -0.25) is 9.59 Å². The van der Waals surface area contributed by atoms with Gasteiger partial charge in [0.05, 0.1) is 12.4 Å². The smallest absolute Gasteiger partial charge is 0.275 e. The first kappa shape index (κ1) is 20.0. The zero-order valence-electron chi connectivity index (χ0n) is 16.6.